The fourth-order valence-electron chi connectivity index (χ4n) is 4.78. The highest BCUT2D eigenvalue weighted by Crippen LogP contribution is 2.56. The minimum absolute atomic E-state index is 0.0617. The molecule has 1 aromatic carbocycles. The maximum Gasteiger partial charge on any atom is 0.211 e. The number of nitrogens with zero attached hydrogens (tertiary/aromatic N) is 1. The standard InChI is InChI=1S/C21H25NO2/c22-15-18-19(17-9-3-1-4-10-17)24-21(13-7-8-14-23-21)16-20(18)11-5-2-6-12-20/h1,3-4,9-10H,2,5-8,11-14,16H2. The van der Waals surface area contributed by atoms with Crippen molar-refractivity contribution in [3.8, 4) is 6.07 Å². The van der Waals surface area contributed by atoms with E-state index >= 15 is 0 Å². The van der Waals surface area contributed by atoms with E-state index in [2.05, 4.69) is 6.07 Å². The molecule has 0 amide bonds. The molecule has 1 saturated carbocycles. The maximum atomic E-state index is 10.00. The second-order valence-electron chi connectivity index (χ2n) is 7.52. The second kappa shape index (κ2) is 6.26. The van der Waals surface area contributed by atoms with Crippen LogP contribution in [-0.4, -0.2) is 12.4 Å². The Balaban J connectivity index is 1.84. The Labute approximate surface area is 144 Å². The number of hydrogen-bond acceptors (Lipinski definition) is 3. The minimum Gasteiger partial charge on any atom is -0.461 e. The van der Waals surface area contributed by atoms with Gasteiger partial charge in [0.2, 0.25) is 5.79 Å². The first-order chi connectivity index (χ1) is 11.8. The normalized spacial score (nSPS) is 29.3. The zero-order valence-corrected chi connectivity index (χ0v) is 14.2. The highest BCUT2D eigenvalue weighted by molar-refractivity contribution is 5.69. The van der Waals surface area contributed by atoms with Crippen molar-refractivity contribution in [2.24, 2.45) is 5.41 Å². The molecule has 0 bridgehead atoms. The maximum absolute atomic E-state index is 10.00. The van der Waals surface area contributed by atoms with E-state index in [4.69, 9.17) is 9.47 Å². The minimum atomic E-state index is -0.527. The van der Waals surface area contributed by atoms with Crippen molar-refractivity contribution < 1.29 is 9.47 Å². The SMILES string of the molecule is N#CC1=C(c2ccccc2)OC2(CCCCO2)CC12CCCCC2. The molecule has 1 atom stereocenters. The van der Waals surface area contributed by atoms with E-state index < -0.39 is 5.79 Å². The van der Waals surface area contributed by atoms with Crippen LogP contribution >= 0.6 is 0 Å². The molecule has 0 N–H and O–H groups in total. The first kappa shape index (κ1) is 15.7. The fourth-order valence-corrected chi connectivity index (χ4v) is 4.78. The topological polar surface area (TPSA) is 42.2 Å². The Morgan fingerprint density at radius 1 is 0.917 bits per heavy atom. The van der Waals surface area contributed by atoms with Gasteiger partial charge >= 0.3 is 0 Å². The first-order valence-electron chi connectivity index (χ1n) is 9.30. The first-order valence-corrected chi connectivity index (χ1v) is 9.30. The lowest BCUT2D eigenvalue weighted by Gasteiger charge is -2.50. The van der Waals surface area contributed by atoms with Crippen molar-refractivity contribution in [2.75, 3.05) is 6.61 Å². The lowest BCUT2D eigenvalue weighted by Crippen LogP contribution is -2.48. The predicted octanol–water partition coefficient (Wildman–Crippen LogP) is 5.19. The smallest absolute Gasteiger partial charge is 0.211 e. The van der Waals surface area contributed by atoms with Crippen molar-refractivity contribution in [1.29, 1.82) is 5.26 Å². The monoisotopic (exact) mass is 323 g/mol. The average molecular weight is 323 g/mol. The van der Waals surface area contributed by atoms with Crippen LogP contribution < -0.4 is 0 Å². The summed E-state index contributed by atoms with van der Waals surface area (Å²) in [4.78, 5) is 0. The summed E-state index contributed by atoms with van der Waals surface area (Å²) in [7, 11) is 0. The van der Waals surface area contributed by atoms with Gasteiger partial charge in [0.25, 0.3) is 0 Å². The van der Waals surface area contributed by atoms with Crippen LogP contribution in [0.5, 0.6) is 0 Å². The van der Waals surface area contributed by atoms with Crippen LogP contribution in [0.2, 0.25) is 0 Å². The lowest BCUT2D eigenvalue weighted by molar-refractivity contribution is -0.245. The van der Waals surface area contributed by atoms with Gasteiger partial charge in [-0.2, -0.15) is 5.26 Å². The quantitative estimate of drug-likeness (QED) is 0.714. The van der Waals surface area contributed by atoms with E-state index in [0.717, 1.165) is 62.0 Å². The Morgan fingerprint density at radius 3 is 2.33 bits per heavy atom. The van der Waals surface area contributed by atoms with E-state index in [0.29, 0.717) is 0 Å². The lowest BCUT2D eigenvalue weighted by atomic mass is 9.63. The second-order valence-corrected chi connectivity index (χ2v) is 7.52. The number of ether oxygens (including phenoxy) is 2. The summed E-state index contributed by atoms with van der Waals surface area (Å²) < 4.78 is 12.7. The van der Waals surface area contributed by atoms with Gasteiger partial charge in [-0.1, -0.05) is 49.6 Å². The number of allylic oxidation sites excluding steroid dienone is 1. The highest BCUT2D eigenvalue weighted by atomic mass is 16.7. The van der Waals surface area contributed by atoms with Gasteiger partial charge in [-0.25, -0.2) is 0 Å². The number of nitriles is 1. The summed E-state index contributed by atoms with van der Waals surface area (Å²) >= 11 is 0. The third kappa shape index (κ3) is 2.63. The zero-order valence-electron chi connectivity index (χ0n) is 14.2. The Bertz CT molecular complexity index is 659. The van der Waals surface area contributed by atoms with Gasteiger partial charge in [0, 0.05) is 23.8 Å². The molecule has 3 nitrogen and oxygen atoms in total. The van der Waals surface area contributed by atoms with Crippen molar-refractivity contribution >= 4 is 5.76 Å². The highest BCUT2D eigenvalue weighted by Gasteiger charge is 2.52. The van der Waals surface area contributed by atoms with Crippen LogP contribution in [0.15, 0.2) is 35.9 Å². The molecule has 3 heteroatoms. The Hall–Kier alpha value is -1.79. The average Bonchev–Trinajstić information content (AvgIpc) is 2.63. The van der Waals surface area contributed by atoms with Crippen molar-refractivity contribution in [2.45, 2.75) is 63.6 Å². The molecule has 2 spiro atoms. The molecule has 2 heterocycles. The van der Waals surface area contributed by atoms with E-state index in [9.17, 15) is 5.26 Å². The van der Waals surface area contributed by atoms with Crippen molar-refractivity contribution in [3.05, 3.63) is 41.5 Å². The number of hydrogen-bond donors (Lipinski definition) is 0. The van der Waals surface area contributed by atoms with Gasteiger partial charge in [0.05, 0.1) is 18.2 Å². The molecule has 1 saturated heterocycles. The number of benzene rings is 1. The Kier molecular flexibility index (Phi) is 4.10. The van der Waals surface area contributed by atoms with Gasteiger partial charge in [-0.3, -0.25) is 0 Å². The van der Waals surface area contributed by atoms with Crippen LogP contribution in [0, 0.1) is 16.7 Å². The molecule has 24 heavy (non-hydrogen) atoms. The van der Waals surface area contributed by atoms with Crippen molar-refractivity contribution in [3.63, 3.8) is 0 Å². The largest absolute Gasteiger partial charge is 0.461 e. The molecular weight excluding hydrogens is 298 g/mol. The molecule has 4 rings (SSSR count). The summed E-state index contributed by atoms with van der Waals surface area (Å²) in [6.45, 7) is 0.764. The number of rotatable bonds is 1. The van der Waals surface area contributed by atoms with Crippen LogP contribution in [0.4, 0.5) is 0 Å². The summed E-state index contributed by atoms with van der Waals surface area (Å²) in [5, 5.41) is 10.00. The molecule has 3 aliphatic rings. The molecular formula is C21H25NO2. The van der Waals surface area contributed by atoms with Crippen LogP contribution in [0.1, 0.15) is 63.4 Å². The fraction of sp³-hybridized carbons (Fsp3) is 0.571. The molecule has 2 fully saturated rings. The molecule has 0 radical (unpaired) electrons. The van der Waals surface area contributed by atoms with Gasteiger partial charge in [-0.15, -0.1) is 0 Å². The van der Waals surface area contributed by atoms with E-state index in [-0.39, 0.29) is 5.41 Å². The third-order valence-electron chi connectivity index (χ3n) is 5.93. The zero-order chi connectivity index (χ0) is 16.5. The summed E-state index contributed by atoms with van der Waals surface area (Å²) in [5.41, 5.74) is 1.80. The van der Waals surface area contributed by atoms with Gasteiger partial charge in [-0.05, 0) is 25.7 Å². The summed E-state index contributed by atoms with van der Waals surface area (Å²) in [6, 6.07) is 12.7. The molecule has 126 valence electrons. The van der Waals surface area contributed by atoms with Gasteiger partial charge < -0.3 is 9.47 Å². The van der Waals surface area contributed by atoms with E-state index in [1.165, 1.54) is 19.3 Å². The van der Waals surface area contributed by atoms with Crippen LogP contribution in [0.3, 0.4) is 0 Å². The molecule has 2 aliphatic heterocycles. The van der Waals surface area contributed by atoms with Crippen molar-refractivity contribution in [1.82, 2.24) is 0 Å². The van der Waals surface area contributed by atoms with Gasteiger partial charge in [0.15, 0.2) is 0 Å². The molecule has 1 aliphatic carbocycles. The molecule has 1 unspecified atom stereocenters. The third-order valence-corrected chi connectivity index (χ3v) is 5.93. The van der Waals surface area contributed by atoms with E-state index in [1.54, 1.807) is 0 Å². The van der Waals surface area contributed by atoms with Gasteiger partial charge in [0.1, 0.15) is 5.76 Å². The molecule has 0 aromatic heterocycles. The summed E-state index contributed by atoms with van der Waals surface area (Å²) in [5.74, 6) is 0.245. The van der Waals surface area contributed by atoms with Crippen LogP contribution in [-0.2, 0) is 9.47 Å². The molecule has 1 aromatic rings. The predicted molar refractivity (Wildman–Crippen MR) is 92.7 cm³/mol. The Morgan fingerprint density at radius 2 is 1.67 bits per heavy atom. The summed E-state index contributed by atoms with van der Waals surface area (Å²) in [6.07, 6.45) is 9.86. The van der Waals surface area contributed by atoms with Crippen LogP contribution in [0.25, 0.3) is 5.76 Å². The van der Waals surface area contributed by atoms with E-state index in [1.807, 2.05) is 30.3 Å².